The zero-order chi connectivity index (χ0) is 16.0. The fourth-order valence-corrected chi connectivity index (χ4v) is 3.45. The minimum Gasteiger partial charge on any atom is -0.0991 e. The second-order valence-electron chi connectivity index (χ2n) is 6.20. The van der Waals surface area contributed by atoms with E-state index in [0.29, 0.717) is 17.8 Å². The Labute approximate surface area is 132 Å². The molecule has 0 fully saturated rings. The molecule has 0 saturated carbocycles. The molecule has 3 atom stereocenters. The molecule has 116 valence electrons. The van der Waals surface area contributed by atoms with Crippen LogP contribution in [0.15, 0.2) is 59.3 Å². The van der Waals surface area contributed by atoms with Crippen LogP contribution in [0.25, 0.3) is 0 Å². The molecular formula is C21H32. The predicted octanol–water partition coefficient (Wildman–Crippen LogP) is 6.64. The molecule has 0 aromatic heterocycles. The van der Waals surface area contributed by atoms with E-state index in [0.717, 1.165) is 6.42 Å². The van der Waals surface area contributed by atoms with Crippen molar-refractivity contribution >= 4 is 0 Å². The Morgan fingerprint density at radius 3 is 2.43 bits per heavy atom. The summed E-state index contributed by atoms with van der Waals surface area (Å²) >= 11 is 0. The Balaban J connectivity index is 3.01. The Morgan fingerprint density at radius 2 is 1.95 bits per heavy atom. The number of rotatable bonds is 8. The highest BCUT2D eigenvalue weighted by molar-refractivity contribution is 5.58. The van der Waals surface area contributed by atoms with Gasteiger partial charge in [-0.3, -0.25) is 0 Å². The van der Waals surface area contributed by atoms with Gasteiger partial charge in [0.05, 0.1) is 0 Å². The standard InChI is InChI=1S/C21H32/c1-8-12-15(5)16(6)17(7)20(11-4)21-18(10-3)14-19(21)13-9-2/h8-9,12-14,16-17,20H,1,10-11H2,2-7H3/b13-9-,15-12+. The summed E-state index contributed by atoms with van der Waals surface area (Å²) in [5.74, 6) is 1.89. The van der Waals surface area contributed by atoms with Crippen LogP contribution in [-0.2, 0) is 0 Å². The summed E-state index contributed by atoms with van der Waals surface area (Å²) in [5.41, 5.74) is 6.05. The van der Waals surface area contributed by atoms with Gasteiger partial charge in [0.25, 0.3) is 0 Å². The van der Waals surface area contributed by atoms with E-state index in [2.05, 4.69) is 72.4 Å². The first-order chi connectivity index (χ1) is 10.0. The minimum atomic E-state index is 0.589. The molecule has 0 nitrogen and oxygen atoms in total. The van der Waals surface area contributed by atoms with Crippen LogP contribution in [0.3, 0.4) is 0 Å². The summed E-state index contributed by atoms with van der Waals surface area (Å²) in [6.07, 6.45) is 13.2. The zero-order valence-corrected chi connectivity index (χ0v) is 14.7. The zero-order valence-electron chi connectivity index (χ0n) is 14.7. The van der Waals surface area contributed by atoms with Gasteiger partial charge in [-0.25, -0.2) is 0 Å². The van der Waals surface area contributed by atoms with Gasteiger partial charge in [0.1, 0.15) is 0 Å². The van der Waals surface area contributed by atoms with E-state index in [-0.39, 0.29) is 0 Å². The average Bonchev–Trinajstić information content (AvgIpc) is 2.47. The van der Waals surface area contributed by atoms with Gasteiger partial charge < -0.3 is 0 Å². The topological polar surface area (TPSA) is 0 Å². The fourth-order valence-electron chi connectivity index (χ4n) is 3.45. The highest BCUT2D eigenvalue weighted by Gasteiger charge is 2.30. The van der Waals surface area contributed by atoms with Crippen molar-refractivity contribution in [3.05, 3.63) is 59.3 Å². The highest BCUT2D eigenvalue weighted by Crippen LogP contribution is 2.43. The Hall–Kier alpha value is -1.30. The van der Waals surface area contributed by atoms with Crippen LogP contribution in [0.1, 0.15) is 54.4 Å². The van der Waals surface area contributed by atoms with Crippen molar-refractivity contribution in [2.45, 2.75) is 54.4 Å². The van der Waals surface area contributed by atoms with Gasteiger partial charge in [0.2, 0.25) is 0 Å². The van der Waals surface area contributed by atoms with Crippen LogP contribution in [0.2, 0.25) is 0 Å². The Kier molecular flexibility index (Phi) is 6.95. The van der Waals surface area contributed by atoms with E-state index in [9.17, 15) is 0 Å². The molecule has 1 rings (SSSR count). The largest absolute Gasteiger partial charge is 0.0991 e. The molecule has 0 bridgehead atoms. The molecule has 0 heteroatoms. The van der Waals surface area contributed by atoms with Gasteiger partial charge in [-0.15, -0.1) is 0 Å². The molecule has 0 spiro atoms. The molecule has 21 heavy (non-hydrogen) atoms. The quantitative estimate of drug-likeness (QED) is 0.438. The van der Waals surface area contributed by atoms with Crippen LogP contribution >= 0.6 is 0 Å². The van der Waals surface area contributed by atoms with Crippen molar-refractivity contribution in [1.82, 2.24) is 0 Å². The summed E-state index contributed by atoms with van der Waals surface area (Å²) in [6, 6.07) is 0. The van der Waals surface area contributed by atoms with Gasteiger partial charge in [-0.05, 0) is 61.2 Å². The van der Waals surface area contributed by atoms with Crippen molar-refractivity contribution < 1.29 is 0 Å². The van der Waals surface area contributed by atoms with E-state index >= 15 is 0 Å². The first-order valence-electron chi connectivity index (χ1n) is 8.38. The van der Waals surface area contributed by atoms with E-state index < -0.39 is 0 Å². The van der Waals surface area contributed by atoms with Crippen molar-refractivity contribution in [1.29, 1.82) is 0 Å². The third kappa shape index (κ3) is 3.87. The third-order valence-electron chi connectivity index (χ3n) is 5.05. The summed E-state index contributed by atoms with van der Waals surface area (Å²) in [4.78, 5) is 0. The molecule has 0 heterocycles. The van der Waals surface area contributed by atoms with Gasteiger partial charge >= 0.3 is 0 Å². The molecule has 0 aromatic carbocycles. The first-order valence-corrected chi connectivity index (χ1v) is 8.38. The summed E-state index contributed by atoms with van der Waals surface area (Å²) in [5, 5.41) is 0. The SMILES string of the molecule is C=C/C=C(\C)C(C)C(C)C(CC)C1=C(CC)C=C1/C=C\C. The summed E-state index contributed by atoms with van der Waals surface area (Å²) < 4.78 is 0. The van der Waals surface area contributed by atoms with Crippen molar-refractivity contribution in [2.24, 2.45) is 17.8 Å². The lowest BCUT2D eigenvalue weighted by Crippen LogP contribution is -2.25. The summed E-state index contributed by atoms with van der Waals surface area (Å²) in [6.45, 7) is 17.5. The average molecular weight is 284 g/mol. The van der Waals surface area contributed by atoms with Crippen molar-refractivity contribution in [3.8, 4) is 0 Å². The number of allylic oxidation sites excluding steroid dienone is 9. The second-order valence-corrected chi connectivity index (χ2v) is 6.20. The predicted molar refractivity (Wildman–Crippen MR) is 96.3 cm³/mol. The van der Waals surface area contributed by atoms with Gasteiger partial charge in [0, 0.05) is 0 Å². The molecule has 0 N–H and O–H groups in total. The first kappa shape index (κ1) is 17.8. The van der Waals surface area contributed by atoms with E-state index in [1.807, 2.05) is 6.08 Å². The van der Waals surface area contributed by atoms with Crippen LogP contribution in [0, 0.1) is 17.8 Å². The molecule has 3 unspecified atom stereocenters. The van der Waals surface area contributed by atoms with Crippen molar-refractivity contribution in [2.75, 3.05) is 0 Å². The van der Waals surface area contributed by atoms with Crippen LogP contribution in [0.5, 0.6) is 0 Å². The molecule has 0 aromatic rings. The molecule has 1 aliphatic carbocycles. The van der Waals surface area contributed by atoms with E-state index in [4.69, 9.17) is 0 Å². The fraction of sp³-hybridized carbons (Fsp3) is 0.524. The lowest BCUT2D eigenvalue weighted by Gasteiger charge is -2.36. The number of hydrogen-bond acceptors (Lipinski definition) is 0. The Bertz CT molecular complexity index is 482. The van der Waals surface area contributed by atoms with Crippen LogP contribution < -0.4 is 0 Å². The maximum atomic E-state index is 3.83. The maximum absolute atomic E-state index is 3.83. The van der Waals surface area contributed by atoms with E-state index in [1.54, 1.807) is 11.1 Å². The monoisotopic (exact) mass is 284 g/mol. The molecule has 0 saturated heterocycles. The number of hydrogen-bond donors (Lipinski definition) is 0. The Morgan fingerprint density at radius 1 is 1.29 bits per heavy atom. The summed E-state index contributed by atoms with van der Waals surface area (Å²) in [7, 11) is 0. The van der Waals surface area contributed by atoms with Crippen LogP contribution in [0.4, 0.5) is 0 Å². The van der Waals surface area contributed by atoms with E-state index in [1.165, 1.54) is 17.6 Å². The third-order valence-corrected chi connectivity index (χ3v) is 5.05. The minimum absolute atomic E-state index is 0.589. The smallest absolute Gasteiger partial charge is 0.0125 e. The van der Waals surface area contributed by atoms with Gasteiger partial charge in [-0.2, -0.15) is 0 Å². The molecule has 0 aliphatic heterocycles. The van der Waals surface area contributed by atoms with Crippen molar-refractivity contribution in [3.63, 3.8) is 0 Å². The van der Waals surface area contributed by atoms with Gasteiger partial charge in [0.15, 0.2) is 0 Å². The molecule has 0 radical (unpaired) electrons. The van der Waals surface area contributed by atoms with Gasteiger partial charge in [-0.1, -0.05) is 70.2 Å². The lowest BCUT2D eigenvalue weighted by atomic mass is 9.69. The molecule has 0 amide bonds. The maximum Gasteiger partial charge on any atom is -0.0125 e. The second kappa shape index (κ2) is 8.22. The lowest BCUT2D eigenvalue weighted by molar-refractivity contribution is 0.318. The highest BCUT2D eigenvalue weighted by atomic mass is 14.3. The normalized spacial score (nSPS) is 20.1. The molecule has 1 aliphatic rings. The van der Waals surface area contributed by atoms with Crippen LogP contribution in [-0.4, -0.2) is 0 Å². The molecular weight excluding hydrogens is 252 g/mol.